The maximum atomic E-state index is 11.6. The van der Waals surface area contributed by atoms with E-state index < -0.39 is 0 Å². The number of benzene rings is 1. The summed E-state index contributed by atoms with van der Waals surface area (Å²) in [5.41, 5.74) is 1.07. The summed E-state index contributed by atoms with van der Waals surface area (Å²) in [6.07, 6.45) is 0.885. The SMILES string of the molecule is COC(=O)CCCNC(=O)CN[C@H](C)c1ccc(Cl)cc1. The largest absolute Gasteiger partial charge is 0.469 e. The first-order chi connectivity index (χ1) is 10.0. The maximum Gasteiger partial charge on any atom is 0.305 e. The number of carbonyl (C=O) groups is 2. The number of ether oxygens (including phenoxy) is 1. The van der Waals surface area contributed by atoms with E-state index in [0.717, 1.165) is 5.56 Å². The highest BCUT2D eigenvalue weighted by Crippen LogP contribution is 2.15. The van der Waals surface area contributed by atoms with Crippen molar-refractivity contribution in [1.29, 1.82) is 0 Å². The topological polar surface area (TPSA) is 67.4 Å². The summed E-state index contributed by atoms with van der Waals surface area (Å²) >= 11 is 5.83. The monoisotopic (exact) mass is 312 g/mol. The number of hydrogen-bond acceptors (Lipinski definition) is 4. The van der Waals surface area contributed by atoms with Gasteiger partial charge in [-0.05, 0) is 31.0 Å². The van der Waals surface area contributed by atoms with Gasteiger partial charge in [0.1, 0.15) is 0 Å². The second-order valence-corrected chi connectivity index (χ2v) is 5.12. The van der Waals surface area contributed by atoms with Crippen LogP contribution in [0.1, 0.15) is 31.4 Å². The molecule has 0 spiro atoms. The van der Waals surface area contributed by atoms with Gasteiger partial charge in [0, 0.05) is 24.0 Å². The fourth-order valence-corrected chi connectivity index (χ4v) is 1.87. The molecule has 0 unspecified atom stereocenters. The van der Waals surface area contributed by atoms with Crippen molar-refractivity contribution >= 4 is 23.5 Å². The smallest absolute Gasteiger partial charge is 0.305 e. The van der Waals surface area contributed by atoms with Crippen LogP contribution >= 0.6 is 11.6 Å². The Bertz CT molecular complexity index is 462. The lowest BCUT2D eigenvalue weighted by Gasteiger charge is -2.14. The standard InChI is InChI=1S/C15H21ClN2O3/c1-11(12-5-7-13(16)8-6-12)18-10-14(19)17-9-3-4-15(20)21-2/h5-8,11,18H,3-4,9-10H2,1-2H3,(H,17,19)/t11-/m1/s1. The second-order valence-electron chi connectivity index (χ2n) is 4.68. The van der Waals surface area contributed by atoms with Crippen molar-refractivity contribution in [2.75, 3.05) is 20.2 Å². The number of nitrogens with one attached hydrogen (secondary N) is 2. The highest BCUT2D eigenvalue weighted by Gasteiger charge is 2.07. The molecule has 1 rings (SSSR count). The van der Waals surface area contributed by atoms with Crippen LogP contribution in [-0.4, -0.2) is 32.1 Å². The van der Waals surface area contributed by atoms with Crippen LogP contribution in [0.5, 0.6) is 0 Å². The number of rotatable bonds is 8. The van der Waals surface area contributed by atoms with E-state index in [-0.39, 0.29) is 24.5 Å². The minimum absolute atomic E-state index is 0.0584. The van der Waals surface area contributed by atoms with Gasteiger partial charge >= 0.3 is 5.97 Å². The fraction of sp³-hybridized carbons (Fsp3) is 0.467. The number of methoxy groups -OCH3 is 1. The molecule has 0 aliphatic carbocycles. The van der Waals surface area contributed by atoms with E-state index >= 15 is 0 Å². The molecule has 0 aliphatic heterocycles. The molecule has 1 atom stereocenters. The molecule has 2 N–H and O–H groups in total. The first kappa shape index (κ1) is 17.5. The molecule has 0 aromatic heterocycles. The minimum atomic E-state index is -0.265. The van der Waals surface area contributed by atoms with Crippen LogP contribution in [0.3, 0.4) is 0 Å². The molecular weight excluding hydrogens is 292 g/mol. The van der Waals surface area contributed by atoms with E-state index in [4.69, 9.17) is 11.6 Å². The van der Waals surface area contributed by atoms with Gasteiger partial charge in [0.2, 0.25) is 5.91 Å². The predicted octanol–water partition coefficient (Wildman–Crippen LogP) is 2.06. The summed E-state index contributed by atoms with van der Waals surface area (Å²) < 4.78 is 4.52. The molecule has 1 aromatic rings. The molecular formula is C15H21ClN2O3. The Morgan fingerprint density at radius 1 is 1.29 bits per heavy atom. The van der Waals surface area contributed by atoms with Crippen LogP contribution in [-0.2, 0) is 14.3 Å². The van der Waals surface area contributed by atoms with Crippen molar-refractivity contribution < 1.29 is 14.3 Å². The lowest BCUT2D eigenvalue weighted by Crippen LogP contribution is -2.35. The lowest BCUT2D eigenvalue weighted by molar-refractivity contribution is -0.140. The average molecular weight is 313 g/mol. The molecule has 0 aliphatic rings. The molecule has 6 heteroatoms. The van der Waals surface area contributed by atoms with Crippen molar-refractivity contribution in [2.24, 2.45) is 0 Å². The van der Waals surface area contributed by atoms with Crippen LogP contribution in [0.25, 0.3) is 0 Å². The maximum absolute atomic E-state index is 11.6. The van der Waals surface area contributed by atoms with Crippen molar-refractivity contribution in [2.45, 2.75) is 25.8 Å². The zero-order valence-corrected chi connectivity index (χ0v) is 13.1. The van der Waals surface area contributed by atoms with Gasteiger partial charge in [-0.25, -0.2) is 0 Å². The number of esters is 1. The Labute approximate surface area is 130 Å². The van der Waals surface area contributed by atoms with Crippen molar-refractivity contribution in [3.05, 3.63) is 34.9 Å². The fourth-order valence-electron chi connectivity index (χ4n) is 1.74. The zero-order valence-electron chi connectivity index (χ0n) is 12.3. The summed E-state index contributed by atoms with van der Waals surface area (Å²) in [5.74, 6) is -0.362. The third-order valence-corrected chi connectivity index (χ3v) is 3.30. The van der Waals surface area contributed by atoms with Crippen LogP contribution in [0.4, 0.5) is 0 Å². The quantitative estimate of drug-likeness (QED) is 0.569. The Morgan fingerprint density at radius 3 is 2.57 bits per heavy atom. The number of carbonyl (C=O) groups excluding carboxylic acids is 2. The molecule has 0 saturated carbocycles. The molecule has 0 saturated heterocycles. The zero-order chi connectivity index (χ0) is 15.7. The molecule has 5 nitrogen and oxygen atoms in total. The number of amides is 1. The first-order valence-corrected chi connectivity index (χ1v) is 7.23. The highest BCUT2D eigenvalue weighted by molar-refractivity contribution is 6.30. The number of halogens is 1. The van der Waals surface area contributed by atoms with Gasteiger partial charge in [0.15, 0.2) is 0 Å². The van der Waals surface area contributed by atoms with Gasteiger partial charge < -0.3 is 15.4 Å². The minimum Gasteiger partial charge on any atom is -0.469 e. The summed E-state index contributed by atoms with van der Waals surface area (Å²) in [6.45, 7) is 2.67. The van der Waals surface area contributed by atoms with E-state index in [1.807, 2.05) is 31.2 Å². The molecule has 0 heterocycles. The molecule has 116 valence electrons. The summed E-state index contributed by atoms with van der Waals surface area (Å²) in [7, 11) is 1.35. The highest BCUT2D eigenvalue weighted by atomic mass is 35.5. The lowest BCUT2D eigenvalue weighted by atomic mass is 10.1. The Hall–Kier alpha value is -1.59. The summed E-state index contributed by atoms with van der Waals surface area (Å²) in [6, 6.07) is 7.55. The normalized spacial score (nSPS) is 11.8. The molecule has 1 amide bonds. The van der Waals surface area contributed by atoms with Crippen molar-refractivity contribution in [3.63, 3.8) is 0 Å². The van der Waals surface area contributed by atoms with E-state index in [1.165, 1.54) is 7.11 Å². The molecule has 0 radical (unpaired) electrons. The van der Waals surface area contributed by atoms with Crippen molar-refractivity contribution in [1.82, 2.24) is 10.6 Å². The third-order valence-electron chi connectivity index (χ3n) is 3.05. The molecule has 21 heavy (non-hydrogen) atoms. The Balaban J connectivity index is 2.20. The van der Waals surface area contributed by atoms with Crippen LogP contribution in [0, 0.1) is 0 Å². The first-order valence-electron chi connectivity index (χ1n) is 6.85. The van der Waals surface area contributed by atoms with Crippen LogP contribution in [0.15, 0.2) is 24.3 Å². The predicted molar refractivity (Wildman–Crippen MR) is 82.1 cm³/mol. The van der Waals surface area contributed by atoms with E-state index in [1.54, 1.807) is 0 Å². The van der Waals surface area contributed by atoms with Crippen LogP contribution in [0.2, 0.25) is 5.02 Å². The van der Waals surface area contributed by atoms with E-state index in [9.17, 15) is 9.59 Å². The molecule has 0 bridgehead atoms. The molecule has 1 aromatic carbocycles. The Morgan fingerprint density at radius 2 is 1.95 bits per heavy atom. The average Bonchev–Trinajstić information content (AvgIpc) is 2.49. The number of hydrogen-bond donors (Lipinski definition) is 2. The van der Waals surface area contributed by atoms with Gasteiger partial charge in [0.05, 0.1) is 13.7 Å². The summed E-state index contributed by atoms with van der Waals surface area (Å²) in [5, 5.41) is 6.57. The van der Waals surface area contributed by atoms with E-state index in [2.05, 4.69) is 15.4 Å². The van der Waals surface area contributed by atoms with Crippen molar-refractivity contribution in [3.8, 4) is 0 Å². The summed E-state index contributed by atoms with van der Waals surface area (Å²) in [4.78, 5) is 22.5. The van der Waals surface area contributed by atoms with E-state index in [0.29, 0.717) is 24.4 Å². The second kappa shape index (κ2) is 9.37. The van der Waals surface area contributed by atoms with Gasteiger partial charge in [-0.1, -0.05) is 23.7 Å². The van der Waals surface area contributed by atoms with Gasteiger partial charge in [-0.15, -0.1) is 0 Å². The van der Waals surface area contributed by atoms with Gasteiger partial charge in [0.25, 0.3) is 0 Å². The van der Waals surface area contributed by atoms with Gasteiger partial charge in [-0.2, -0.15) is 0 Å². The van der Waals surface area contributed by atoms with Crippen LogP contribution < -0.4 is 10.6 Å². The Kier molecular flexibility index (Phi) is 7.79. The van der Waals surface area contributed by atoms with Gasteiger partial charge in [-0.3, -0.25) is 9.59 Å². The molecule has 0 fully saturated rings. The third kappa shape index (κ3) is 7.11.